The van der Waals surface area contributed by atoms with Crippen LogP contribution in [0.1, 0.15) is 34.7 Å². The number of hydrogen-bond acceptors (Lipinski definition) is 5. The lowest BCUT2D eigenvalue weighted by molar-refractivity contribution is 0.0930. The highest BCUT2D eigenvalue weighted by atomic mass is 16.2. The third kappa shape index (κ3) is 4.09. The van der Waals surface area contributed by atoms with Crippen LogP contribution in [-0.2, 0) is 0 Å². The Morgan fingerprint density at radius 2 is 1.97 bits per heavy atom. The molecule has 0 saturated heterocycles. The van der Waals surface area contributed by atoms with Crippen molar-refractivity contribution in [3.05, 3.63) is 83.9 Å². The minimum atomic E-state index is -0.310. The summed E-state index contributed by atoms with van der Waals surface area (Å²) in [5.74, 6) is 0.0933. The van der Waals surface area contributed by atoms with E-state index in [4.69, 9.17) is 11.1 Å². The van der Waals surface area contributed by atoms with Gasteiger partial charge in [-0.2, -0.15) is 0 Å². The van der Waals surface area contributed by atoms with Crippen LogP contribution in [0, 0.1) is 5.41 Å². The van der Waals surface area contributed by atoms with Crippen LogP contribution in [0.25, 0.3) is 11.0 Å². The second kappa shape index (κ2) is 8.27. The molecule has 0 aliphatic heterocycles. The molecule has 1 amide bonds. The number of amides is 1. The lowest BCUT2D eigenvalue weighted by atomic mass is 10.1. The summed E-state index contributed by atoms with van der Waals surface area (Å²) < 4.78 is 0. The molecule has 8 nitrogen and oxygen atoms in total. The molecule has 2 aromatic heterocycles. The summed E-state index contributed by atoms with van der Waals surface area (Å²) in [6.07, 6.45) is 3.35. The molecule has 0 saturated carbocycles. The number of carbonyl (C=O) groups excluding carboxylic acids is 1. The molecule has 4 aromatic rings. The van der Waals surface area contributed by atoms with Crippen LogP contribution in [0.2, 0.25) is 0 Å². The lowest BCUT2D eigenvalue weighted by Gasteiger charge is -2.20. The third-order valence-electron chi connectivity index (χ3n) is 5.14. The van der Waals surface area contributed by atoms with Crippen molar-refractivity contribution in [1.29, 1.82) is 5.41 Å². The number of nitrogens with two attached hydrogens (primary N) is 1. The number of benzene rings is 2. The van der Waals surface area contributed by atoms with Gasteiger partial charge in [-0.15, -0.1) is 0 Å². The summed E-state index contributed by atoms with van der Waals surface area (Å²) in [6.45, 7) is 1.92. The Kier molecular flexibility index (Phi) is 5.36. The Balaban J connectivity index is 1.58. The molecule has 2 heterocycles. The number of imidazole rings is 1. The fourth-order valence-electron chi connectivity index (χ4n) is 3.34. The Morgan fingerprint density at radius 1 is 1.19 bits per heavy atom. The number of pyridine rings is 1. The Bertz CT molecular complexity index is 1240. The summed E-state index contributed by atoms with van der Waals surface area (Å²) >= 11 is 0. The highest BCUT2D eigenvalue weighted by Gasteiger charge is 2.18. The number of hydrogen-bond donors (Lipinski definition) is 4. The number of fused-ring (bicyclic) bond motifs is 1. The molecule has 0 aliphatic rings. The Hall–Kier alpha value is -4.20. The summed E-state index contributed by atoms with van der Waals surface area (Å²) in [4.78, 5) is 25.9. The normalized spacial score (nSPS) is 11.8. The van der Waals surface area contributed by atoms with Crippen LogP contribution in [-0.4, -0.2) is 33.7 Å². The van der Waals surface area contributed by atoms with Crippen molar-refractivity contribution in [3.63, 3.8) is 0 Å². The van der Waals surface area contributed by atoms with Crippen molar-refractivity contribution >= 4 is 34.2 Å². The molecule has 1 unspecified atom stereocenters. The zero-order chi connectivity index (χ0) is 22.0. The molecular formula is C23H23N7O. The van der Waals surface area contributed by atoms with E-state index in [0.29, 0.717) is 22.3 Å². The molecule has 2 aromatic carbocycles. The summed E-state index contributed by atoms with van der Waals surface area (Å²) in [5, 5.41) is 11.5. The highest BCUT2D eigenvalue weighted by molar-refractivity contribution is 6.12. The molecule has 5 N–H and O–H groups in total. The number of aromatic nitrogens is 3. The zero-order valence-corrected chi connectivity index (χ0v) is 17.3. The van der Waals surface area contributed by atoms with Gasteiger partial charge in [0.2, 0.25) is 0 Å². The molecule has 0 fully saturated rings. The average molecular weight is 413 g/mol. The summed E-state index contributed by atoms with van der Waals surface area (Å²) in [6, 6.07) is 16.6. The van der Waals surface area contributed by atoms with E-state index in [2.05, 4.69) is 20.3 Å². The average Bonchev–Trinajstić information content (AvgIpc) is 3.21. The van der Waals surface area contributed by atoms with Gasteiger partial charge in [-0.25, -0.2) is 4.98 Å². The third-order valence-corrected chi connectivity index (χ3v) is 5.14. The predicted octanol–water partition coefficient (Wildman–Crippen LogP) is 3.49. The van der Waals surface area contributed by atoms with Gasteiger partial charge in [0.05, 0.1) is 29.0 Å². The number of carbonyl (C=O) groups is 1. The molecule has 8 heteroatoms. The second-order valence-corrected chi connectivity index (χ2v) is 7.27. The number of anilines is 2. The van der Waals surface area contributed by atoms with E-state index in [1.165, 1.54) is 0 Å². The quantitative estimate of drug-likeness (QED) is 0.226. The number of nitrogen functional groups attached to an aromatic ring is 1. The molecule has 0 bridgehead atoms. The minimum Gasteiger partial charge on any atom is -0.398 e. The number of nitrogens with one attached hydrogen (secondary N) is 3. The van der Waals surface area contributed by atoms with Crippen LogP contribution < -0.4 is 16.0 Å². The van der Waals surface area contributed by atoms with Gasteiger partial charge in [0.1, 0.15) is 5.84 Å². The van der Waals surface area contributed by atoms with E-state index < -0.39 is 0 Å². The predicted molar refractivity (Wildman–Crippen MR) is 122 cm³/mol. The number of amidine groups is 1. The fraction of sp³-hybridized carbons (Fsp3) is 0.130. The van der Waals surface area contributed by atoms with Crippen molar-refractivity contribution in [2.24, 2.45) is 0 Å². The Morgan fingerprint density at radius 3 is 2.68 bits per heavy atom. The van der Waals surface area contributed by atoms with Gasteiger partial charge in [-0.1, -0.05) is 30.3 Å². The number of aromatic amines is 1. The maximum atomic E-state index is 12.7. The van der Waals surface area contributed by atoms with E-state index in [1.54, 1.807) is 42.5 Å². The lowest BCUT2D eigenvalue weighted by Crippen LogP contribution is -2.27. The first-order chi connectivity index (χ1) is 14.9. The SMILES string of the molecule is CC(NC(=O)c1nc2cc(C(=N)N(C)c3cccnc3)c(N)cc2[nH]1)c1ccccc1. The minimum absolute atomic E-state index is 0.163. The standard InChI is InChI=1S/C23H23N7O/c1-14(15-7-4-3-5-8-15)27-23(31)22-28-19-11-17(18(24)12-20(19)29-22)21(25)30(2)16-9-6-10-26-13-16/h3-14,25H,24H2,1-2H3,(H,27,31)(H,28,29). The Labute approximate surface area is 179 Å². The first-order valence-electron chi connectivity index (χ1n) is 9.81. The van der Waals surface area contributed by atoms with Crippen molar-refractivity contribution in [2.45, 2.75) is 13.0 Å². The van der Waals surface area contributed by atoms with Crippen LogP contribution in [0.4, 0.5) is 11.4 Å². The first kappa shape index (κ1) is 20.1. The number of nitrogens with zero attached hydrogens (tertiary/aromatic N) is 3. The van der Waals surface area contributed by atoms with Crippen molar-refractivity contribution in [3.8, 4) is 0 Å². The smallest absolute Gasteiger partial charge is 0.287 e. The van der Waals surface area contributed by atoms with E-state index in [1.807, 2.05) is 43.3 Å². The molecule has 0 radical (unpaired) electrons. The number of rotatable bonds is 5. The zero-order valence-electron chi connectivity index (χ0n) is 17.3. The summed E-state index contributed by atoms with van der Waals surface area (Å²) in [7, 11) is 1.78. The second-order valence-electron chi connectivity index (χ2n) is 7.27. The fourth-order valence-corrected chi connectivity index (χ4v) is 3.34. The van der Waals surface area contributed by atoms with Gasteiger partial charge in [-0.05, 0) is 36.8 Å². The van der Waals surface area contributed by atoms with E-state index in [-0.39, 0.29) is 23.6 Å². The van der Waals surface area contributed by atoms with E-state index in [0.717, 1.165) is 11.3 Å². The topological polar surface area (TPSA) is 124 Å². The van der Waals surface area contributed by atoms with Crippen LogP contribution in [0.15, 0.2) is 67.0 Å². The highest BCUT2D eigenvalue weighted by Crippen LogP contribution is 2.24. The van der Waals surface area contributed by atoms with Gasteiger partial charge < -0.3 is 20.9 Å². The van der Waals surface area contributed by atoms with Crippen LogP contribution >= 0.6 is 0 Å². The molecular weight excluding hydrogens is 390 g/mol. The van der Waals surface area contributed by atoms with Crippen LogP contribution in [0.5, 0.6) is 0 Å². The number of H-pyrrole nitrogens is 1. The molecule has 4 rings (SSSR count). The van der Waals surface area contributed by atoms with Crippen molar-refractivity contribution in [1.82, 2.24) is 20.3 Å². The van der Waals surface area contributed by atoms with Crippen molar-refractivity contribution in [2.75, 3.05) is 17.7 Å². The molecule has 156 valence electrons. The van der Waals surface area contributed by atoms with E-state index >= 15 is 0 Å². The molecule has 31 heavy (non-hydrogen) atoms. The van der Waals surface area contributed by atoms with Gasteiger partial charge in [0.15, 0.2) is 5.82 Å². The summed E-state index contributed by atoms with van der Waals surface area (Å²) in [5.41, 5.74) is 10.1. The monoisotopic (exact) mass is 413 g/mol. The van der Waals surface area contributed by atoms with Gasteiger partial charge in [0, 0.05) is 24.5 Å². The first-order valence-corrected chi connectivity index (χ1v) is 9.81. The maximum absolute atomic E-state index is 12.7. The van der Waals surface area contributed by atoms with Crippen LogP contribution in [0.3, 0.4) is 0 Å². The van der Waals surface area contributed by atoms with Gasteiger partial charge in [0.25, 0.3) is 5.91 Å². The largest absolute Gasteiger partial charge is 0.398 e. The maximum Gasteiger partial charge on any atom is 0.287 e. The molecule has 1 atom stereocenters. The van der Waals surface area contributed by atoms with E-state index in [9.17, 15) is 4.79 Å². The van der Waals surface area contributed by atoms with Gasteiger partial charge in [-0.3, -0.25) is 15.2 Å². The van der Waals surface area contributed by atoms with Crippen molar-refractivity contribution < 1.29 is 4.79 Å². The molecule has 0 aliphatic carbocycles. The van der Waals surface area contributed by atoms with Gasteiger partial charge >= 0.3 is 0 Å². The molecule has 0 spiro atoms.